The summed E-state index contributed by atoms with van der Waals surface area (Å²) in [6, 6.07) is 29.1. The summed E-state index contributed by atoms with van der Waals surface area (Å²) < 4.78 is 0. The maximum absolute atomic E-state index is 13.8. The van der Waals surface area contributed by atoms with Gasteiger partial charge in [-0.25, -0.2) is 0 Å². The Bertz CT molecular complexity index is 999. The average molecular weight is 399 g/mol. The molecule has 0 saturated heterocycles. The van der Waals surface area contributed by atoms with E-state index in [-0.39, 0.29) is 11.8 Å². The lowest BCUT2D eigenvalue weighted by Gasteiger charge is -2.31. The minimum absolute atomic E-state index is 0.102. The Kier molecular flexibility index (Phi) is 5.66. The van der Waals surface area contributed by atoms with Gasteiger partial charge >= 0.3 is 0 Å². The van der Waals surface area contributed by atoms with E-state index in [0.29, 0.717) is 25.9 Å². The van der Waals surface area contributed by atoms with Gasteiger partial charge in [0.1, 0.15) is 5.41 Å². The first kappa shape index (κ1) is 19.9. The van der Waals surface area contributed by atoms with E-state index >= 15 is 0 Å². The summed E-state index contributed by atoms with van der Waals surface area (Å²) in [6.45, 7) is 2.92. The molecule has 30 heavy (non-hydrogen) atoms. The zero-order valence-corrected chi connectivity index (χ0v) is 17.2. The summed E-state index contributed by atoms with van der Waals surface area (Å²) in [7, 11) is 0. The number of para-hydroxylation sites is 2. The summed E-state index contributed by atoms with van der Waals surface area (Å²) >= 11 is 0. The molecule has 0 aromatic heterocycles. The standard InChI is InChI=1S/C26H26N2O2/c1-2-27(22-14-8-4-9-15-22)24(29)26(18-19-26)25(30)28(23-16-10-5-11-17-23)20-21-12-6-3-7-13-21/h3-17H,2,18-20H2,1H3. The number of rotatable bonds is 7. The van der Waals surface area contributed by atoms with Gasteiger partial charge in [-0.15, -0.1) is 0 Å². The van der Waals surface area contributed by atoms with Gasteiger partial charge in [-0.05, 0) is 49.6 Å². The lowest BCUT2D eigenvalue weighted by atomic mass is 10.0. The van der Waals surface area contributed by atoms with E-state index in [4.69, 9.17) is 0 Å². The molecule has 1 saturated carbocycles. The van der Waals surface area contributed by atoms with Gasteiger partial charge in [-0.1, -0.05) is 66.7 Å². The highest BCUT2D eigenvalue weighted by molar-refractivity contribution is 6.18. The van der Waals surface area contributed by atoms with Crippen molar-refractivity contribution >= 4 is 23.2 Å². The van der Waals surface area contributed by atoms with Crippen molar-refractivity contribution in [2.24, 2.45) is 5.41 Å². The molecule has 0 bridgehead atoms. The van der Waals surface area contributed by atoms with Crippen LogP contribution in [0.25, 0.3) is 0 Å². The van der Waals surface area contributed by atoms with Crippen molar-refractivity contribution < 1.29 is 9.59 Å². The van der Waals surface area contributed by atoms with Gasteiger partial charge in [-0.3, -0.25) is 9.59 Å². The molecule has 1 fully saturated rings. The van der Waals surface area contributed by atoms with E-state index < -0.39 is 5.41 Å². The molecular formula is C26H26N2O2. The van der Waals surface area contributed by atoms with Crippen LogP contribution in [-0.2, 0) is 16.1 Å². The maximum Gasteiger partial charge on any atom is 0.243 e. The van der Waals surface area contributed by atoms with Crippen molar-refractivity contribution in [3.63, 3.8) is 0 Å². The fourth-order valence-corrected chi connectivity index (χ4v) is 3.87. The second-order valence-corrected chi connectivity index (χ2v) is 7.68. The summed E-state index contributed by atoms with van der Waals surface area (Å²) in [5, 5.41) is 0. The summed E-state index contributed by atoms with van der Waals surface area (Å²) in [5.74, 6) is -0.216. The lowest BCUT2D eigenvalue weighted by molar-refractivity contribution is -0.134. The molecule has 152 valence electrons. The number of carbonyl (C=O) groups excluding carboxylic acids is 2. The quantitative estimate of drug-likeness (QED) is 0.522. The highest BCUT2D eigenvalue weighted by Gasteiger charge is 2.59. The van der Waals surface area contributed by atoms with Crippen LogP contribution >= 0.6 is 0 Å². The summed E-state index contributed by atoms with van der Waals surface area (Å²) in [5.41, 5.74) is 1.70. The first-order valence-corrected chi connectivity index (χ1v) is 10.4. The van der Waals surface area contributed by atoms with E-state index in [9.17, 15) is 9.59 Å². The molecule has 3 aromatic carbocycles. The first-order chi connectivity index (χ1) is 14.7. The number of carbonyl (C=O) groups is 2. The van der Waals surface area contributed by atoms with E-state index in [1.807, 2.05) is 97.9 Å². The topological polar surface area (TPSA) is 40.6 Å². The molecule has 4 heteroatoms. The van der Waals surface area contributed by atoms with Crippen molar-refractivity contribution in [1.82, 2.24) is 0 Å². The molecule has 0 unspecified atom stereocenters. The Hall–Kier alpha value is -3.40. The molecule has 0 heterocycles. The van der Waals surface area contributed by atoms with Crippen LogP contribution in [0.1, 0.15) is 25.3 Å². The molecule has 0 aliphatic heterocycles. The Balaban J connectivity index is 1.66. The van der Waals surface area contributed by atoms with Gasteiger partial charge < -0.3 is 9.80 Å². The average Bonchev–Trinajstić information content (AvgIpc) is 3.62. The monoisotopic (exact) mass is 398 g/mol. The van der Waals surface area contributed by atoms with Gasteiger partial charge in [0.2, 0.25) is 11.8 Å². The van der Waals surface area contributed by atoms with Crippen LogP contribution in [0.4, 0.5) is 11.4 Å². The molecule has 4 nitrogen and oxygen atoms in total. The number of benzene rings is 3. The second kappa shape index (κ2) is 8.54. The fourth-order valence-electron chi connectivity index (χ4n) is 3.87. The third-order valence-corrected chi connectivity index (χ3v) is 5.69. The van der Waals surface area contributed by atoms with Crippen molar-refractivity contribution in [1.29, 1.82) is 0 Å². The van der Waals surface area contributed by atoms with Gasteiger partial charge in [-0.2, -0.15) is 0 Å². The third-order valence-electron chi connectivity index (χ3n) is 5.69. The van der Waals surface area contributed by atoms with Crippen LogP contribution in [0.3, 0.4) is 0 Å². The van der Waals surface area contributed by atoms with Crippen LogP contribution < -0.4 is 9.80 Å². The third kappa shape index (κ3) is 3.86. The molecule has 2 amide bonds. The molecule has 0 spiro atoms. The molecule has 4 rings (SSSR count). The molecule has 3 aromatic rings. The Morgan fingerprint density at radius 2 is 1.13 bits per heavy atom. The van der Waals surface area contributed by atoms with Crippen LogP contribution in [0.15, 0.2) is 91.0 Å². The second-order valence-electron chi connectivity index (χ2n) is 7.68. The van der Waals surface area contributed by atoms with Gasteiger partial charge in [0.05, 0.1) is 6.54 Å². The lowest BCUT2D eigenvalue weighted by Crippen LogP contribution is -2.47. The molecule has 1 aliphatic rings. The molecule has 0 atom stereocenters. The van der Waals surface area contributed by atoms with Crippen molar-refractivity contribution in [3.8, 4) is 0 Å². The number of amides is 2. The number of anilines is 2. The highest BCUT2D eigenvalue weighted by Crippen LogP contribution is 2.50. The maximum atomic E-state index is 13.8. The number of hydrogen-bond acceptors (Lipinski definition) is 2. The number of nitrogens with zero attached hydrogens (tertiary/aromatic N) is 2. The Morgan fingerprint density at radius 1 is 0.700 bits per heavy atom. The van der Waals surface area contributed by atoms with E-state index in [1.54, 1.807) is 9.80 Å². The van der Waals surface area contributed by atoms with Crippen molar-refractivity contribution in [2.75, 3.05) is 16.3 Å². The van der Waals surface area contributed by atoms with Gasteiger partial charge in [0.15, 0.2) is 0 Å². The summed E-state index contributed by atoms with van der Waals surface area (Å²) in [4.78, 5) is 30.9. The van der Waals surface area contributed by atoms with Gasteiger partial charge in [0, 0.05) is 17.9 Å². The van der Waals surface area contributed by atoms with Gasteiger partial charge in [0.25, 0.3) is 0 Å². The Morgan fingerprint density at radius 3 is 1.60 bits per heavy atom. The summed E-state index contributed by atoms with van der Waals surface area (Å²) in [6.07, 6.45) is 1.18. The molecule has 0 radical (unpaired) electrons. The molecule has 0 N–H and O–H groups in total. The SMILES string of the molecule is CCN(C(=O)C1(C(=O)N(Cc2ccccc2)c2ccccc2)CC1)c1ccccc1. The zero-order chi connectivity index (χ0) is 21.0. The van der Waals surface area contributed by atoms with Crippen LogP contribution in [-0.4, -0.2) is 18.4 Å². The number of hydrogen-bond donors (Lipinski definition) is 0. The predicted molar refractivity (Wildman–Crippen MR) is 120 cm³/mol. The van der Waals surface area contributed by atoms with Crippen molar-refractivity contribution in [2.45, 2.75) is 26.3 Å². The first-order valence-electron chi connectivity index (χ1n) is 10.4. The van der Waals surface area contributed by atoms with E-state index in [0.717, 1.165) is 16.9 Å². The largest absolute Gasteiger partial charge is 0.312 e. The minimum atomic E-state index is -0.976. The fraction of sp³-hybridized carbons (Fsp3) is 0.231. The molecular weight excluding hydrogens is 372 g/mol. The Labute approximate surface area is 177 Å². The normalized spacial score (nSPS) is 14.0. The van der Waals surface area contributed by atoms with Crippen LogP contribution in [0, 0.1) is 5.41 Å². The van der Waals surface area contributed by atoms with E-state index in [1.165, 1.54) is 0 Å². The molecule has 1 aliphatic carbocycles. The zero-order valence-electron chi connectivity index (χ0n) is 17.2. The minimum Gasteiger partial charge on any atom is -0.312 e. The van der Waals surface area contributed by atoms with Crippen molar-refractivity contribution in [3.05, 3.63) is 96.6 Å². The van der Waals surface area contributed by atoms with Crippen LogP contribution in [0.2, 0.25) is 0 Å². The predicted octanol–water partition coefficient (Wildman–Crippen LogP) is 5.05. The highest BCUT2D eigenvalue weighted by atomic mass is 16.2. The van der Waals surface area contributed by atoms with E-state index in [2.05, 4.69) is 0 Å². The smallest absolute Gasteiger partial charge is 0.243 e. The van der Waals surface area contributed by atoms with Crippen LogP contribution in [0.5, 0.6) is 0 Å².